The maximum Gasteiger partial charge on any atom is 0.289 e. The Balaban J connectivity index is 1.35. The summed E-state index contributed by atoms with van der Waals surface area (Å²) < 4.78 is 11.2. The molecule has 7 nitrogen and oxygen atoms in total. The first-order valence-electron chi connectivity index (χ1n) is 11.0. The first kappa shape index (κ1) is 21.9. The van der Waals surface area contributed by atoms with Crippen LogP contribution in [0.25, 0.3) is 11.0 Å². The maximum absolute atomic E-state index is 13.1. The van der Waals surface area contributed by atoms with Gasteiger partial charge in [-0.3, -0.25) is 14.5 Å². The van der Waals surface area contributed by atoms with E-state index in [0.29, 0.717) is 44.1 Å². The third-order valence-corrected chi connectivity index (χ3v) is 6.04. The number of nitrogens with one attached hydrogen (secondary N) is 1. The third kappa shape index (κ3) is 4.48. The van der Waals surface area contributed by atoms with Gasteiger partial charge in [0.25, 0.3) is 5.91 Å². The van der Waals surface area contributed by atoms with Crippen LogP contribution in [0.4, 0.5) is 5.69 Å². The van der Waals surface area contributed by atoms with Crippen molar-refractivity contribution in [1.29, 1.82) is 0 Å². The second-order valence-corrected chi connectivity index (χ2v) is 8.05. The molecule has 7 heteroatoms. The van der Waals surface area contributed by atoms with Crippen molar-refractivity contribution in [3.8, 4) is 5.75 Å². The van der Waals surface area contributed by atoms with E-state index in [2.05, 4.69) is 17.1 Å². The first-order valence-corrected chi connectivity index (χ1v) is 11.0. The van der Waals surface area contributed by atoms with E-state index in [0.717, 1.165) is 34.4 Å². The van der Waals surface area contributed by atoms with Gasteiger partial charge < -0.3 is 19.4 Å². The van der Waals surface area contributed by atoms with Gasteiger partial charge in [-0.25, -0.2) is 0 Å². The summed E-state index contributed by atoms with van der Waals surface area (Å²) in [6.45, 7) is 6.66. The molecule has 0 saturated carbocycles. The van der Waals surface area contributed by atoms with Gasteiger partial charge in [0.15, 0.2) is 5.76 Å². The Hall–Kier alpha value is -3.32. The lowest BCUT2D eigenvalue weighted by Crippen LogP contribution is -2.50. The van der Waals surface area contributed by atoms with E-state index in [1.807, 2.05) is 49.4 Å². The second-order valence-electron chi connectivity index (χ2n) is 8.05. The Labute approximate surface area is 187 Å². The van der Waals surface area contributed by atoms with Crippen LogP contribution in [0.15, 0.2) is 46.9 Å². The molecule has 3 aromatic rings. The van der Waals surface area contributed by atoms with Crippen molar-refractivity contribution in [2.24, 2.45) is 0 Å². The molecule has 1 aliphatic rings. The molecule has 0 bridgehead atoms. The predicted octanol–water partition coefficient (Wildman–Crippen LogP) is 3.71. The molecular weight excluding hydrogens is 406 g/mol. The number of carbonyl (C=O) groups excluding carboxylic acids is 2. The van der Waals surface area contributed by atoms with E-state index < -0.39 is 0 Å². The Kier molecular flexibility index (Phi) is 6.46. The van der Waals surface area contributed by atoms with Crippen molar-refractivity contribution in [1.82, 2.24) is 9.80 Å². The molecule has 2 amide bonds. The number of methoxy groups -OCH3 is 1. The van der Waals surface area contributed by atoms with Crippen LogP contribution < -0.4 is 10.1 Å². The molecule has 0 spiro atoms. The number of carbonyl (C=O) groups is 2. The van der Waals surface area contributed by atoms with Gasteiger partial charge in [-0.1, -0.05) is 25.1 Å². The van der Waals surface area contributed by atoms with Crippen molar-refractivity contribution < 1.29 is 18.7 Å². The summed E-state index contributed by atoms with van der Waals surface area (Å²) >= 11 is 0. The largest absolute Gasteiger partial charge is 0.497 e. The topological polar surface area (TPSA) is 75.0 Å². The van der Waals surface area contributed by atoms with E-state index in [9.17, 15) is 9.59 Å². The normalized spacial score (nSPS) is 14.5. The molecule has 1 N–H and O–H groups in total. The molecule has 1 saturated heterocycles. The second kappa shape index (κ2) is 9.44. The highest BCUT2D eigenvalue weighted by Crippen LogP contribution is 2.29. The lowest BCUT2D eigenvalue weighted by atomic mass is 10.1. The zero-order chi connectivity index (χ0) is 22.7. The molecular formula is C25H29N3O4. The summed E-state index contributed by atoms with van der Waals surface area (Å²) in [7, 11) is 1.62. The van der Waals surface area contributed by atoms with Crippen LogP contribution in [0.5, 0.6) is 5.75 Å². The number of hydrogen-bond acceptors (Lipinski definition) is 5. The number of piperazine rings is 1. The lowest BCUT2D eigenvalue weighted by molar-refractivity contribution is -0.117. The molecule has 0 radical (unpaired) electrons. The Morgan fingerprint density at radius 3 is 2.56 bits per heavy atom. The van der Waals surface area contributed by atoms with Crippen molar-refractivity contribution in [2.75, 3.05) is 45.2 Å². The van der Waals surface area contributed by atoms with Crippen LogP contribution >= 0.6 is 0 Å². The smallest absolute Gasteiger partial charge is 0.289 e. The highest BCUT2D eigenvalue weighted by molar-refractivity contribution is 5.99. The number of nitrogens with zero attached hydrogens (tertiary/aromatic N) is 2. The number of hydrogen-bond donors (Lipinski definition) is 1. The molecule has 1 fully saturated rings. The number of anilines is 1. The number of rotatable bonds is 6. The highest BCUT2D eigenvalue weighted by atomic mass is 16.5. The minimum Gasteiger partial charge on any atom is -0.497 e. The van der Waals surface area contributed by atoms with E-state index in [1.54, 1.807) is 12.0 Å². The van der Waals surface area contributed by atoms with Gasteiger partial charge in [0, 0.05) is 42.8 Å². The van der Waals surface area contributed by atoms with E-state index >= 15 is 0 Å². The lowest BCUT2D eigenvalue weighted by Gasteiger charge is -2.34. The maximum atomic E-state index is 13.1. The summed E-state index contributed by atoms with van der Waals surface area (Å²) in [6, 6.07) is 13.4. The van der Waals surface area contributed by atoms with Gasteiger partial charge >= 0.3 is 0 Å². The SMILES string of the molecule is CCc1ccccc1NC(=O)CN1CCN(C(=O)c2oc3ccc(OC)cc3c2C)CC1. The number of fused-ring (bicyclic) bond motifs is 1. The van der Waals surface area contributed by atoms with Gasteiger partial charge in [-0.2, -0.15) is 0 Å². The fraction of sp³-hybridized carbons (Fsp3) is 0.360. The average Bonchev–Trinajstić information content (AvgIpc) is 3.15. The summed E-state index contributed by atoms with van der Waals surface area (Å²) in [6.07, 6.45) is 0.866. The van der Waals surface area contributed by atoms with Crippen LogP contribution in [0, 0.1) is 6.92 Å². The summed E-state index contributed by atoms with van der Waals surface area (Å²) in [4.78, 5) is 29.5. The van der Waals surface area contributed by atoms with E-state index in [4.69, 9.17) is 9.15 Å². The number of ether oxygens (including phenoxy) is 1. The van der Waals surface area contributed by atoms with Crippen LogP contribution in [0.2, 0.25) is 0 Å². The Bertz CT molecular complexity index is 1130. The van der Waals surface area contributed by atoms with Gasteiger partial charge in [0.1, 0.15) is 11.3 Å². The van der Waals surface area contributed by atoms with Gasteiger partial charge in [0.05, 0.1) is 13.7 Å². The van der Waals surface area contributed by atoms with Crippen molar-refractivity contribution in [2.45, 2.75) is 20.3 Å². The molecule has 0 aliphatic carbocycles. The minimum absolute atomic E-state index is 0.0345. The molecule has 4 rings (SSSR count). The number of para-hydroxylation sites is 1. The molecule has 1 aliphatic heterocycles. The highest BCUT2D eigenvalue weighted by Gasteiger charge is 2.27. The zero-order valence-corrected chi connectivity index (χ0v) is 18.8. The predicted molar refractivity (Wildman–Crippen MR) is 124 cm³/mol. The summed E-state index contributed by atoms with van der Waals surface area (Å²) in [5.74, 6) is 0.955. The molecule has 0 unspecified atom stereocenters. The third-order valence-electron chi connectivity index (χ3n) is 6.04. The van der Waals surface area contributed by atoms with Gasteiger partial charge in [-0.05, 0) is 43.2 Å². The molecule has 0 atom stereocenters. The van der Waals surface area contributed by atoms with Gasteiger partial charge in [0.2, 0.25) is 5.91 Å². The Morgan fingerprint density at radius 1 is 1.09 bits per heavy atom. The monoisotopic (exact) mass is 435 g/mol. The number of benzene rings is 2. The summed E-state index contributed by atoms with van der Waals surface area (Å²) in [5.41, 5.74) is 3.48. The quantitative estimate of drug-likeness (QED) is 0.639. The van der Waals surface area contributed by atoms with Gasteiger partial charge in [-0.15, -0.1) is 0 Å². The van der Waals surface area contributed by atoms with Crippen LogP contribution in [-0.4, -0.2) is 61.4 Å². The molecule has 2 heterocycles. The van der Waals surface area contributed by atoms with Crippen LogP contribution in [-0.2, 0) is 11.2 Å². The average molecular weight is 436 g/mol. The minimum atomic E-state index is -0.112. The van der Waals surface area contributed by atoms with Crippen molar-refractivity contribution >= 4 is 28.5 Å². The number of amides is 2. The molecule has 32 heavy (non-hydrogen) atoms. The number of aryl methyl sites for hydroxylation is 2. The zero-order valence-electron chi connectivity index (χ0n) is 18.8. The number of furan rings is 1. The fourth-order valence-electron chi connectivity index (χ4n) is 4.13. The van der Waals surface area contributed by atoms with Crippen LogP contribution in [0.3, 0.4) is 0 Å². The van der Waals surface area contributed by atoms with Crippen molar-refractivity contribution in [3.63, 3.8) is 0 Å². The molecule has 168 valence electrons. The molecule has 2 aromatic carbocycles. The van der Waals surface area contributed by atoms with E-state index in [-0.39, 0.29) is 11.8 Å². The summed E-state index contributed by atoms with van der Waals surface area (Å²) in [5, 5.41) is 3.90. The van der Waals surface area contributed by atoms with Crippen molar-refractivity contribution in [3.05, 3.63) is 59.4 Å². The van der Waals surface area contributed by atoms with E-state index in [1.165, 1.54) is 0 Å². The fourth-order valence-corrected chi connectivity index (χ4v) is 4.13. The van der Waals surface area contributed by atoms with Crippen LogP contribution in [0.1, 0.15) is 28.6 Å². The standard InChI is InChI=1S/C25H29N3O4/c1-4-18-7-5-6-8-21(18)26-23(29)16-27-11-13-28(14-12-27)25(30)24-17(2)20-15-19(31-3)9-10-22(20)32-24/h5-10,15H,4,11-14,16H2,1-3H3,(H,26,29). The Morgan fingerprint density at radius 2 is 1.84 bits per heavy atom. The first-order chi connectivity index (χ1) is 15.5. The molecule has 1 aromatic heterocycles.